The molecule has 1 aromatic heterocycles. The number of ether oxygens (including phenoxy) is 2. The van der Waals surface area contributed by atoms with E-state index in [-0.39, 0.29) is 12.2 Å². The number of aromatic nitrogens is 2. The minimum atomic E-state index is -0.442. The monoisotopic (exact) mass is 431 g/mol. The van der Waals surface area contributed by atoms with Crippen LogP contribution in [0.2, 0.25) is 0 Å². The number of nitro groups is 1. The molecule has 0 amide bonds. The zero-order valence-corrected chi connectivity index (χ0v) is 17.6. The van der Waals surface area contributed by atoms with Crippen molar-refractivity contribution in [3.63, 3.8) is 0 Å². The third kappa shape index (κ3) is 3.98. The van der Waals surface area contributed by atoms with Crippen molar-refractivity contribution in [1.29, 1.82) is 0 Å². The van der Waals surface area contributed by atoms with E-state index in [1.54, 1.807) is 62.8 Å². The van der Waals surface area contributed by atoms with Crippen LogP contribution in [0.3, 0.4) is 0 Å². The van der Waals surface area contributed by atoms with E-state index in [2.05, 4.69) is 0 Å². The van der Waals surface area contributed by atoms with E-state index in [9.17, 15) is 15.3 Å². The number of rotatable bonds is 7. The van der Waals surface area contributed by atoms with Gasteiger partial charge in [0, 0.05) is 12.1 Å². The van der Waals surface area contributed by atoms with Gasteiger partial charge in [0.15, 0.2) is 0 Å². The van der Waals surface area contributed by atoms with E-state index in [1.165, 1.54) is 10.7 Å². The predicted octanol–water partition coefficient (Wildman–Crippen LogP) is 4.43. The SMILES string of the molecule is COc1ccc(Cn2c(-c3ccccc3[N+](=O)[O-])cc(-c3ccc(OC)cc3)[n+]2[O-])cc1. The number of para-hydroxylation sites is 1. The molecular weight excluding hydrogens is 410 g/mol. The highest BCUT2D eigenvalue weighted by Gasteiger charge is 2.26. The van der Waals surface area contributed by atoms with Gasteiger partial charge in [0.1, 0.15) is 23.7 Å². The molecule has 1 heterocycles. The van der Waals surface area contributed by atoms with Crippen molar-refractivity contribution in [2.45, 2.75) is 6.54 Å². The summed E-state index contributed by atoms with van der Waals surface area (Å²) < 4.78 is 11.9. The van der Waals surface area contributed by atoms with E-state index in [4.69, 9.17) is 9.47 Å². The molecule has 0 saturated carbocycles. The van der Waals surface area contributed by atoms with Crippen LogP contribution >= 0.6 is 0 Å². The normalized spacial score (nSPS) is 10.7. The second-order valence-corrected chi connectivity index (χ2v) is 7.10. The smallest absolute Gasteiger partial charge is 0.278 e. The van der Waals surface area contributed by atoms with Gasteiger partial charge in [0.05, 0.1) is 30.3 Å². The summed E-state index contributed by atoms with van der Waals surface area (Å²) in [5.41, 5.74) is 2.67. The third-order valence-corrected chi connectivity index (χ3v) is 5.23. The number of nitro benzene ring substituents is 1. The molecule has 0 saturated heterocycles. The Balaban J connectivity index is 1.87. The molecule has 0 unspecified atom stereocenters. The quantitative estimate of drug-likeness (QED) is 0.187. The van der Waals surface area contributed by atoms with Crippen LogP contribution in [-0.2, 0) is 6.54 Å². The summed E-state index contributed by atoms with van der Waals surface area (Å²) in [6.45, 7) is 0.227. The Kier molecular flexibility index (Phi) is 5.76. The Morgan fingerprint density at radius 3 is 2.09 bits per heavy atom. The zero-order chi connectivity index (χ0) is 22.7. The van der Waals surface area contributed by atoms with Crippen molar-refractivity contribution in [1.82, 2.24) is 4.68 Å². The first-order chi connectivity index (χ1) is 15.5. The molecule has 32 heavy (non-hydrogen) atoms. The van der Waals surface area contributed by atoms with Crippen molar-refractivity contribution in [3.8, 4) is 34.0 Å². The average molecular weight is 431 g/mol. The molecule has 0 fully saturated rings. The average Bonchev–Trinajstić information content (AvgIpc) is 3.15. The minimum Gasteiger partial charge on any atom is -0.595 e. The van der Waals surface area contributed by atoms with Gasteiger partial charge in [-0.05, 0) is 48.0 Å². The predicted molar refractivity (Wildman–Crippen MR) is 120 cm³/mol. The van der Waals surface area contributed by atoms with E-state index in [0.717, 1.165) is 10.4 Å². The lowest BCUT2D eigenvalue weighted by atomic mass is 10.1. The fraction of sp³-hybridized carbons (Fsp3) is 0.125. The molecule has 3 aromatic carbocycles. The summed E-state index contributed by atoms with van der Waals surface area (Å²) >= 11 is 0. The van der Waals surface area contributed by atoms with E-state index in [1.807, 2.05) is 24.3 Å². The Labute approximate surface area is 184 Å². The van der Waals surface area contributed by atoms with E-state index < -0.39 is 4.92 Å². The molecule has 0 aliphatic rings. The van der Waals surface area contributed by atoms with Crippen LogP contribution in [0, 0.1) is 15.3 Å². The zero-order valence-electron chi connectivity index (χ0n) is 17.6. The van der Waals surface area contributed by atoms with Gasteiger partial charge < -0.3 is 14.7 Å². The molecule has 0 spiro atoms. The molecule has 162 valence electrons. The molecule has 0 radical (unpaired) electrons. The molecule has 0 atom stereocenters. The maximum atomic E-state index is 13.4. The fourth-order valence-electron chi connectivity index (χ4n) is 3.56. The van der Waals surface area contributed by atoms with Gasteiger partial charge in [-0.3, -0.25) is 10.1 Å². The summed E-state index contributed by atoms with van der Waals surface area (Å²) in [6.07, 6.45) is 0. The Morgan fingerprint density at radius 1 is 0.906 bits per heavy atom. The molecule has 0 aliphatic carbocycles. The summed E-state index contributed by atoms with van der Waals surface area (Å²) in [7, 11) is 3.15. The summed E-state index contributed by atoms with van der Waals surface area (Å²) in [5.74, 6) is 1.37. The molecular formula is C24H21N3O5. The van der Waals surface area contributed by atoms with Crippen LogP contribution in [0.1, 0.15) is 5.56 Å². The van der Waals surface area contributed by atoms with Crippen LogP contribution in [0.25, 0.3) is 22.5 Å². The molecule has 4 aromatic rings. The molecule has 0 aliphatic heterocycles. The van der Waals surface area contributed by atoms with Gasteiger partial charge in [0.2, 0.25) is 0 Å². The van der Waals surface area contributed by atoms with Crippen LogP contribution in [0.15, 0.2) is 78.9 Å². The molecule has 0 bridgehead atoms. The van der Waals surface area contributed by atoms with Crippen molar-refractivity contribution in [3.05, 3.63) is 99.7 Å². The first-order valence-corrected chi connectivity index (χ1v) is 9.86. The number of methoxy groups -OCH3 is 2. The molecule has 0 N–H and O–H groups in total. The number of nitrogens with zero attached hydrogens (tertiary/aromatic N) is 3. The van der Waals surface area contributed by atoms with E-state index in [0.29, 0.717) is 34.0 Å². The van der Waals surface area contributed by atoms with Crippen LogP contribution in [-0.4, -0.2) is 23.8 Å². The molecule has 8 nitrogen and oxygen atoms in total. The lowest BCUT2D eigenvalue weighted by Crippen LogP contribution is -2.39. The first kappa shape index (κ1) is 20.9. The fourth-order valence-corrected chi connectivity index (χ4v) is 3.56. The number of hydrogen-bond acceptors (Lipinski definition) is 5. The van der Waals surface area contributed by atoms with Crippen molar-refractivity contribution < 1.29 is 19.2 Å². The second kappa shape index (κ2) is 8.81. The van der Waals surface area contributed by atoms with Crippen LogP contribution in [0.4, 0.5) is 5.69 Å². The highest BCUT2D eigenvalue weighted by atomic mass is 16.6. The topological polar surface area (TPSA) is 93.5 Å². The second-order valence-electron chi connectivity index (χ2n) is 7.10. The first-order valence-electron chi connectivity index (χ1n) is 9.86. The summed E-state index contributed by atoms with van der Waals surface area (Å²) in [6, 6.07) is 22.5. The van der Waals surface area contributed by atoms with Crippen molar-refractivity contribution >= 4 is 5.69 Å². The van der Waals surface area contributed by atoms with Gasteiger partial charge in [0.25, 0.3) is 11.4 Å². The summed E-state index contributed by atoms with van der Waals surface area (Å²) in [5, 5.41) is 25.0. The minimum absolute atomic E-state index is 0.0668. The lowest BCUT2D eigenvalue weighted by Gasteiger charge is -2.10. The lowest BCUT2D eigenvalue weighted by molar-refractivity contribution is -0.682. The van der Waals surface area contributed by atoms with Gasteiger partial charge in [-0.15, -0.1) is 4.68 Å². The van der Waals surface area contributed by atoms with Gasteiger partial charge in [-0.25, -0.2) is 0 Å². The number of hydrogen-bond donors (Lipinski definition) is 0. The Morgan fingerprint density at radius 2 is 1.50 bits per heavy atom. The molecule has 8 heteroatoms. The standard InChI is InChI=1S/C24H21N3O5/c1-31-19-11-7-17(8-12-19)16-25-24(21-5-3-4-6-22(21)27(29)30)15-23(26(25)28)18-9-13-20(32-2)14-10-18/h3-15H,16H2,1-2H3. The van der Waals surface area contributed by atoms with Crippen molar-refractivity contribution in [2.24, 2.45) is 0 Å². The van der Waals surface area contributed by atoms with Crippen LogP contribution < -0.4 is 14.3 Å². The van der Waals surface area contributed by atoms with Gasteiger partial charge >= 0.3 is 0 Å². The summed E-state index contributed by atoms with van der Waals surface area (Å²) in [4.78, 5) is 12.0. The van der Waals surface area contributed by atoms with Gasteiger partial charge in [-0.2, -0.15) is 0 Å². The Hall–Kier alpha value is -4.33. The maximum Gasteiger partial charge on any atom is 0.278 e. The van der Waals surface area contributed by atoms with Crippen molar-refractivity contribution in [2.75, 3.05) is 14.2 Å². The Bertz CT molecular complexity index is 1250. The maximum absolute atomic E-state index is 13.4. The van der Waals surface area contributed by atoms with E-state index >= 15 is 0 Å². The highest BCUT2D eigenvalue weighted by molar-refractivity contribution is 5.74. The van der Waals surface area contributed by atoms with Crippen LogP contribution in [0.5, 0.6) is 11.5 Å². The third-order valence-electron chi connectivity index (χ3n) is 5.23. The number of benzene rings is 3. The highest BCUT2D eigenvalue weighted by Crippen LogP contribution is 2.32. The largest absolute Gasteiger partial charge is 0.595 e. The molecule has 4 rings (SSSR count). The van der Waals surface area contributed by atoms with Gasteiger partial charge in [-0.1, -0.05) is 29.1 Å².